The second-order valence-electron chi connectivity index (χ2n) is 5.28. The van der Waals surface area contributed by atoms with Gasteiger partial charge in [0.2, 0.25) is 0 Å². The molecule has 0 unspecified atom stereocenters. The molecule has 3 rings (SSSR count). The Hall–Kier alpha value is -1.20. The highest BCUT2D eigenvalue weighted by Gasteiger charge is 2.25. The van der Waals surface area contributed by atoms with Gasteiger partial charge in [0.05, 0.1) is 5.56 Å². The molecule has 1 saturated heterocycles. The van der Waals surface area contributed by atoms with Crippen LogP contribution >= 0.6 is 23.1 Å². The van der Waals surface area contributed by atoms with Gasteiger partial charge in [0.1, 0.15) is 11.5 Å². The molecule has 2 aromatic heterocycles. The molecule has 0 radical (unpaired) electrons. The molecule has 1 atom stereocenters. The molecule has 3 nitrogen and oxygen atoms in total. The van der Waals surface area contributed by atoms with Crippen LogP contribution in [0, 0.1) is 13.8 Å². The van der Waals surface area contributed by atoms with Crippen LogP contribution in [0.3, 0.4) is 0 Å². The number of amides is 1. The van der Waals surface area contributed by atoms with E-state index in [4.69, 9.17) is 4.42 Å². The number of thiophene rings is 1. The molecule has 1 aliphatic heterocycles. The van der Waals surface area contributed by atoms with Crippen molar-refractivity contribution in [3.63, 3.8) is 0 Å². The maximum atomic E-state index is 12.6. The third kappa shape index (κ3) is 3.19. The first kappa shape index (κ1) is 14.7. The van der Waals surface area contributed by atoms with E-state index in [0.717, 1.165) is 36.8 Å². The molecule has 0 aromatic carbocycles. The van der Waals surface area contributed by atoms with E-state index in [1.54, 1.807) is 0 Å². The Kier molecular flexibility index (Phi) is 4.40. The summed E-state index contributed by atoms with van der Waals surface area (Å²) in [5.74, 6) is 2.63. The fourth-order valence-corrected chi connectivity index (χ4v) is 4.93. The van der Waals surface area contributed by atoms with Crippen molar-refractivity contribution in [2.75, 3.05) is 18.8 Å². The van der Waals surface area contributed by atoms with Gasteiger partial charge in [0, 0.05) is 29.0 Å². The lowest BCUT2D eigenvalue weighted by molar-refractivity contribution is 0.0765. The van der Waals surface area contributed by atoms with Crippen molar-refractivity contribution in [2.24, 2.45) is 0 Å². The monoisotopic (exact) mass is 321 g/mol. The van der Waals surface area contributed by atoms with Gasteiger partial charge in [-0.2, -0.15) is 11.8 Å². The Balaban J connectivity index is 1.70. The van der Waals surface area contributed by atoms with Gasteiger partial charge >= 0.3 is 0 Å². The van der Waals surface area contributed by atoms with E-state index in [2.05, 4.69) is 17.5 Å². The summed E-state index contributed by atoms with van der Waals surface area (Å²) in [5, 5.41) is 2.65. The fourth-order valence-electron chi connectivity index (χ4n) is 2.69. The lowest BCUT2D eigenvalue weighted by Crippen LogP contribution is -2.33. The Morgan fingerprint density at radius 2 is 2.24 bits per heavy atom. The van der Waals surface area contributed by atoms with Gasteiger partial charge in [-0.05, 0) is 37.8 Å². The first-order valence-corrected chi connectivity index (χ1v) is 9.09. The highest BCUT2D eigenvalue weighted by Crippen LogP contribution is 2.37. The number of aryl methyl sites for hydroxylation is 2. The first-order chi connectivity index (χ1) is 10.1. The molecular formula is C16H19NO2S2. The van der Waals surface area contributed by atoms with Gasteiger partial charge in [0.15, 0.2) is 0 Å². The van der Waals surface area contributed by atoms with Crippen molar-refractivity contribution in [2.45, 2.75) is 25.5 Å². The summed E-state index contributed by atoms with van der Waals surface area (Å²) < 4.78 is 5.49. The van der Waals surface area contributed by atoms with Crippen molar-refractivity contribution in [3.8, 4) is 0 Å². The van der Waals surface area contributed by atoms with Crippen molar-refractivity contribution < 1.29 is 9.21 Å². The highest BCUT2D eigenvalue weighted by atomic mass is 32.2. The Morgan fingerprint density at radius 1 is 1.38 bits per heavy atom. The summed E-state index contributed by atoms with van der Waals surface area (Å²) in [6.45, 7) is 5.38. The van der Waals surface area contributed by atoms with Crippen molar-refractivity contribution in [1.29, 1.82) is 0 Å². The summed E-state index contributed by atoms with van der Waals surface area (Å²) in [7, 11) is 0. The quantitative estimate of drug-likeness (QED) is 0.828. The standard InChI is InChI=1S/C16H19NO2S2/c1-11-10-13(12(2)19-11)16(18)17-6-5-15(21-9-7-17)14-4-3-8-20-14/h3-4,8,10,15H,5-7,9H2,1-2H3/t15-/m0/s1. The molecule has 1 aliphatic rings. The minimum absolute atomic E-state index is 0.108. The summed E-state index contributed by atoms with van der Waals surface area (Å²) in [4.78, 5) is 16.0. The average molecular weight is 321 g/mol. The smallest absolute Gasteiger partial charge is 0.257 e. The zero-order valence-electron chi connectivity index (χ0n) is 12.3. The number of hydrogen-bond donors (Lipinski definition) is 0. The predicted molar refractivity (Wildman–Crippen MR) is 88.2 cm³/mol. The Morgan fingerprint density at radius 3 is 2.90 bits per heavy atom. The minimum atomic E-state index is 0.108. The molecule has 21 heavy (non-hydrogen) atoms. The number of furan rings is 1. The molecule has 1 amide bonds. The van der Waals surface area contributed by atoms with Gasteiger partial charge < -0.3 is 9.32 Å². The molecule has 0 aliphatic carbocycles. The topological polar surface area (TPSA) is 33.5 Å². The lowest BCUT2D eigenvalue weighted by Gasteiger charge is -2.19. The van der Waals surface area contributed by atoms with E-state index in [9.17, 15) is 4.79 Å². The van der Waals surface area contributed by atoms with Crippen LogP contribution in [0.25, 0.3) is 0 Å². The molecule has 3 heterocycles. The van der Waals surface area contributed by atoms with Crippen LogP contribution in [0.15, 0.2) is 28.0 Å². The number of carbonyl (C=O) groups excluding carboxylic acids is 1. The molecule has 0 bridgehead atoms. The summed E-state index contributed by atoms with van der Waals surface area (Å²) >= 11 is 3.77. The van der Waals surface area contributed by atoms with Crippen LogP contribution in [-0.2, 0) is 0 Å². The third-order valence-corrected chi connectivity index (χ3v) is 6.21. The second kappa shape index (κ2) is 6.28. The van der Waals surface area contributed by atoms with E-state index in [0.29, 0.717) is 10.8 Å². The van der Waals surface area contributed by atoms with Crippen LogP contribution in [0.5, 0.6) is 0 Å². The van der Waals surface area contributed by atoms with Crippen LogP contribution in [0.2, 0.25) is 0 Å². The maximum absolute atomic E-state index is 12.6. The predicted octanol–water partition coefficient (Wildman–Crippen LogP) is 4.28. The van der Waals surface area contributed by atoms with E-state index >= 15 is 0 Å². The lowest BCUT2D eigenvalue weighted by atomic mass is 10.2. The molecule has 1 fully saturated rings. The highest BCUT2D eigenvalue weighted by molar-refractivity contribution is 7.99. The van der Waals surface area contributed by atoms with Crippen molar-refractivity contribution in [1.82, 2.24) is 4.90 Å². The molecular weight excluding hydrogens is 302 g/mol. The van der Waals surface area contributed by atoms with E-state index in [1.165, 1.54) is 4.88 Å². The number of carbonyl (C=O) groups is 1. The van der Waals surface area contributed by atoms with E-state index in [-0.39, 0.29) is 5.91 Å². The van der Waals surface area contributed by atoms with Crippen LogP contribution in [0.4, 0.5) is 0 Å². The van der Waals surface area contributed by atoms with Crippen molar-refractivity contribution >= 4 is 29.0 Å². The van der Waals surface area contributed by atoms with E-state index < -0.39 is 0 Å². The van der Waals surface area contributed by atoms with Crippen molar-refractivity contribution in [3.05, 3.63) is 45.5 Å². The molecule has 0 N–H and O–H groups in total. The Labute approximate surface area is 133 Å². The summed E-state index contributed by atoms with van der Waals surface area (Å²) in [6.07, 6.45) is 1.02. The van der Waals surface area contributed by atoms with Gasteiger partial charge in [-0.25, -0.2) is 0 Å². The second-order valence-corrected chi connectivity index (χ2v) is 7.57. The first-order valence-electron chi connectivity index (χ1n) is 7.16. The zero-order valence-corrected chi connectivity index (χ0v) is 13.9. The number of hydrogen-bond acceptors (Lipinski definition) is 4. The van der Waals surface area contributed by atoms with Gasteiger partial charge in [0.25, 0.3) is 5.91 Å². The molecule has 2 aromatic rings. The van der Waals surface area contributed by atoms with Gasteiger partial charge in [-0.1, -0.05) is 6.07 Å². The van der Waals surface area contributed by atoms with Gasteiger partial charge in [-0.15, -0.1) is 11.3 Å². The number of thioether (sulfide) groups is 1. The average Bonchev–Trinajstić information content (AvgIpc) is 3.02. The number of rotatable bonds is 2. The van der Waals surface area contributed by atoms with Crippen LogP contribution in [-0.4, -0.2) is 29.6 Å². The molecule has 112 valence electrons. The zero-order chi connectivity index (χ0) is 14.8. The van der Waals surface area contributed by atoms with E-state index in [1.807, 2.05) is 47.9 Å². The van der Waals surface area contributed by atoms with Crippen LogP contribution < -0.4 is 0 Å². The maximum Gasteiger partial charge on any atom is 0.257 e. The SMILES string of the molecule is Cc1cc(C(=O)N2CCS[C@H](c3cccs3)CC2)c(C)o1. The van der Waals surface area contributed by atoms with Crippen LogP contribution in [0.1, 0.15) is 38.4 Å². The largest absolute Gasteiger partial charge is 0.466 e. The number of nitrogens with zero attached hydrogens (tertiary/aromatic N) is 1. The van der Waals surface area contributed by atoms with Gasteiger partial charge in [-0.3, -0.25) is 4.79 Å². The minimum Gasteiger partial charge on any atom is -0.466 e. The fraction of sp³-hybridized carbons (Fsp3) is 0.438. The third-order valence-electron chi connectivity index (χ3n) is 3.76. The molecule has 0 spiro atoms. The molecule has 0 saturated carbocycles. The summed E-state index contributed by atoms with van der Waals surface area (Å²) in [6, 6.07) is 6.15. The summed E-state index contributed by atoms with van der Waals surface area (Å²) in [5.41, 5.74) is 0.715. The Bertz CT molecular complexity index is 618. The molecule has 5 heteroatoms. The normalized spacial score (nSPS) is 19.5.